The Balaban J connectivity index is 0. The third-order valence-corrected chi connectivity index (χ3v) is 10.2. The van der Waals surface area contributed by atoms with E-state index in [1.807, 2.05) is 84.9 Å². The summed E-state index contributed by atoms with van der Waals surface area (Å²) in [7, 11) is 0. The van der Waals surface area contributed by atoms with Crippen LogP contribution in [0.3, 0.4) is 0 Å². The van der Waals surface area contributed by atoms with Gasteiger partial charge in [0.1, 0.15) is 33.0 Å². The van der Waals surface area contributed by atoms with Crippen LogP contribution in [0.25, 0.3) is 10.4 Å². The van der Waals surface area contributed by atoms with Gasteiger partial charge in [0.2, 0.25) is 0 Å². The molecule has 0 fully saturated rings. The number of ether oxygens (including phenoxy) is 5. The van der Waals surface area contributed by atoms with E-state index in [1.165, 1.54) is 0 Å². The highest BCUT2D eigenvalue weighted by Crippen LogP contribution is 2.15. The molecule has 0 spiro atoms. The average Bonchev–Trinajstić information content (AvgIpc) is 3.53. The number of benzene rings is 5. The second-order valence-corrected chi connectivity index (χ2v) is 16.7. The summed E-state index contributed by atoms with van der Waals surface area (Å²) >= 11 is 8.72. The summed E-state index contributed by atoms with van der Waals surface area (Å²) in [5.74, 6) is -0.986. The molecule has 5 aromatic rings. The van der Waals surface area contributed by atoms with Gasteiger partial charge in [0, 0.05) is 64.9 Å². The normalized spacial score (nSPS) is 10.1. The molecule has 1 aliphatic carbocycles. The van der Waals surface area contributed by atoms with Crippen LogP contribution in [0.5, 0.6) is 0 Å². The van der Waals surface area contributed by atoms with Crippen LogP contribution in [0.4, 0.5) is 22.7 Å². The lowest BCUT2D eigenvalue weighted by molar-refractivity contribution is -0.145. The molecule has 7 N–H and O–H groups in total. The van der Waals surface area contributed by atoms with Crippen LogP contribution in [0.1, 0.15) is 100 Å². The summed E-state index contributed by atoms with van der Waals surface area (Å²) in [4.78, 5) is 57.0. The molecule has 5 aromatic carbocycles. The summed E-state index contributed by atoms with van der Waals surface area (Å²) in [6.45, 7) is 14.5. The number of nitrogens with zero attached hydrogens (tertiary/aromatic N) is 8. The van der Waals surface area contributed by atoms with Crippen LogP contribution in [0, 0.1) is 16.2 Å². The van der Waals surface area contributed by atoms with Crippen molar-refractivity contribution >= 4 is 97.0 Å². The molecule has 0 aliphatic heterocycles. The molecule has 0 aromatic heterocycles. The molecule has 0 amide bonds. The topological polar surface area (TPSA) is 365 Å². The molecule has 26 heteroatoms. The summed E-state index contributed by atoms with van der Waals surface area (Å²) in [6, 6.07) is 36.4. The Morgan fingerprint density at radius 3 is 1.14 bits per heavy atom. The van der Waals surface area contributed by atoms with Gasteiger partial charge in [-0.15, -0.1) is 0 Å². The zero-order chi connectivity index (χ0) is 62.0. The maximum Gasteiger partial charge on any atom is 0.305 e. The van der Waals surface area contributed by atoms with Gasteiger partial charge >= 0.3 is 29.8 Å². The lowest BCUT2D eigenvalue weighted by Crippen LogP contribution is -2.13. The Kier molecular flexibility index (Phi) is 44.9. The van der Waals surface area contributed by atoms with Crippen LogP contribution in [0.2, 0.25) is 0 Å². The molecular formula is C58H72N13O10S3-. The molecule has 0 bridgehead atoms. The number of nitrogens with two attached hydrogens (primary N) is 2. The molecule has 448 valence electrons. The van der Waals surface area contributed by atoms with Gasteiger partial charge in [0.05, 0.1) is 30.4 Å². The van der Waals surface area contributed by atoms with Crippen LogP contribution >= 0.6 is 13.5 Å². The van der Waals surface area contributed by atoms with Gasteiger partial charge in [-0.3, -0.25) is 29.4 Å². The predicted molar refractivity (Wildman–Crippen MR) is 332 cm³/mol. The smallest absolute Gasteiger partial charge is 0.305 e. The molecule has 1 aliphatic rings. The van der Waals surface area contributed by atoms with Crippen molar-refractivity contribution in [1.29, 1.82) is 16.2 Å². The van der Waals surface area contributed by atoms with E-state index < -0.39 is 0 Å². The van der Waals surface area contributed by atoms with E-state index in [-0.39, 0.29) is 49.9 Å². The molecule has 0 saturated heterocycles. The van der Waals surface area contributed by atoms with Crippen molar-refractivity contribution in [3.8, 4) is 0 Å². The van der Waals surface area contributed by atoms with Gasteiger partial charge in [-0.1, -0.05) is 148 Å². The highest BCUT2D eigenvalue weighted by molar-refractivity contribution is 7.59. The standard InChI is InChI=1S/C11H14N2O2S.C10H13N3O2S.C10H11N3O2.2C10H13NO2.C7H7N.N2.H2S/c1-2-11(14)15-8-10-5-3-9(4-6-10)7-12-13-16;1-2-10(14)15-7-8-3-5-9(6-4-8)11-12-13-16;1-2-10(14)15-7-8-3-5-9(6-4-8)12-13-11;2*1-2-10(12)13-7-8-3-5-9(11)6-4-8;1-6-2-4-7(8)5-3-6;1-2;/h3-6H,2,7-8H2,1H3,(H,12,16);3-6H,2,7H2,1H3,(H,11,13)(H,12,16);3-6H,2,7H2,1H3;2*3-6H,2,7,11H2,1H3;2-5,8H,1H2;;1H2/p-1. The number of carbonyl (C=O) groups excluding carboxylic acids is 5. The third kappa shape index (κ3) is 39.8. The van der Waals surface area contributed by atoms with Crippen molar-refractivity contribution in [2.75, 3.05) is 16.9 Å². The van der Waals surface area contributed by atoms with E-state index in [0.717, 1.165) is 44.6 Å². The number of rotatable bonds is 21. The van der Waals surface area contributed by atoms with Gasteiger partial charge in [-0.25, -0.2) is 10.6 Å². The number of anilines is 3. The fourth-order valence-corrected chi connectivity index (χ4v) is 5.50. The molecule has 0 saturated carbocycles. The fourth-order valence-electron chi connectivity index (χ4n) is 5.40. The van der Waals surface area contributed by atoms with Gasteiger partial charge in [-0.05, 0) is 93.0 Å². The van der Waals surface area contributed by atoms with E-state index in [9.17, 15) is 24.0 Å². The van der Waals surface area contributed by atoms with E-state index in [1.54, 1.807) is 95.3 Å². The van der Waals surface area contributed by atoms with Crippen molar-refractivity contribution in [2.24, 2.45) is 19.2 Å². The van der Waals surface area contributed by atoms with Gasteiger partial charge in [0.15, 0.2) is 0 Å². The van der Waals surface area contributed by atoms with Crippen LogP contribution in [-0.4, -0.2) is 35.6 Å². The first-order valence-electron chi connectivity index (χ1n) is 25.4. The fraction of sp³-hybridized carbons (Fsp3) is 0.276. The van der Waals surface area contributed by atoms with Gasteiger partial charge in [-0.2, -0.15) is 13.5 Å². The summed E-state index contributed by atoms with van der Waals surface area (Å²) in [5, 5.41) is 26.2. The van der Waals surface area contributed by atoms with Gasteiger partial charge < -0.3 is 57.9 Å². The number of hydrazine groups is 1. The maximum absolute atomic E-state index is 10.9. The molecule has 0 atom stereocenters. The van der Waals surface area contributed by atoms with E-state index in [0.29, 0.717) is 87.9 Å². The quantitative estimate of drug-likeness (QED) is 0.00524. The minimum Gasteiger partial charge on any atom is -0.646 e. The SMILES string of the molecule is C=C1C=CC(=N)C=C1.CCC(=O)OCc1ccc(CN=N[S-])cc1.CCC(=O)OCc1ccc(N)cc1.CCC(=O)OCc1ccc(N)cc1.CCC(=O)OCc1ccc(N=[N+]=[N-])cc1.CCC(=O)OCc1ccc(NNN=S)cc1.N#N.S. The highest BCUT2D eigenvalue weighted by Gasteiger charge is 2.04. The van der Waals surface area contributed by atoms with E-state index >= 15 is 0 Å². The number of azide groups is 1. The van der Waals surface area contributed by atoms with Crippen molar-refractivity contribution in [3.05, 3.63) is 202 Å². The monoisotopic (exact) mass is 1210 g/mol. The average molecular weight is 1210 g/mol. The second-order valence-electron chi connectivity index (χ2n) is 16.3. The van der Waals surface area contributed by atoms with Crippen LogP contribution < -0.4 is 22.4 Å². The number of nitrogens with one attached hydrogen (secondary N) is 3. The zero-order valence-corrected chi connectivity index (χ0v) is 50.1. The van der Waals surface area contributed by atoms with Crippen molar-refractivity contribution < 1.29 is 47.7 Å². The van der Waals surface area contributed by atoms with E-state index in [4.69, 9.17) is 56.9 Å². The molecule has 0 radical (unpaired) electrons. The zero-order valence-electron chi connectivity index (χ0n) is 47.5. The van der Waals surface area contributed by atoms with Gasteiger partial charge in [0.25, 0.3) is 0 Å². The lowest BCUT2D eigenvalue weighted by Gasteiger charge is -2.06. The number of nitrogen functional groups attached to an aromatic ring is 2. The molecule has 0 heterocycles. The first kappa shape index (κ1) is 76.5. The first-order valence-corrected chi connectivity index (χ1v) is 26.2. The van der Waals surface area contributed by atoms with Crippen LogP contribution in [-0.2, 0) is 112 Å². The van der Waals surface area contributed by atoms with Crippen molar-refractivity contribution in [1.82, 2.24) is 5.53 Å². The largest absolute Gasteiger partial charge is 0.646 e. The summed E-state index contributed by atoms with van der Waals surface area (Å²) in [6.07, 6.45) is 9.08. The number of hydrogen-bond acceptors (Lipinski definition) is 22. The summed E-state index contributed by atoms with van der Waals surface area (Å²) in [5.41, 5.74) is 34.4. The lowest BCUT2D eigenvalue weighted by atomic mass is 10.1. The molecular weight excluding hydrogens is 1130 g/mol. The Labute approximate surface area is 508 Å². The summed E-state index contributed by atoms with van der Waals surface area (Å²) < 4.78 is 31.3. The highest BCUT2D eigenvalue weighted by atomic mass is 32.1. The third-order valence-electron chi connectivity index (χ3n) is 9.99. The number of carbonyl (C=O) groups is 5. The molecule has 0 unspecified atom stereocenters. The Hall–Kier alpha value is -9.54. The first-order chi connectivity index (χ1) is 40.0. The Morgan fingerprint density at radius 1 is 0.560 bits per heavy atom. The minimum atomic E-state index is -0.228. The Bertz CT molecular complexity index is 2800. The maximum atomic E-state index is 10.9. The molecule has 23 nitrogen and oxygen atoms in total. The second kappa shape index (κ2) is 49.3. The Morgan fingerprint density at radius 2 is 0.857 bits per heavy atom. The number of allylic oxidation sites excluding steroid dienone is 5. The molecule has 84 heavy (non-hydrogen) atoms. The van der Waals surface area contributed by atoms with Crippen molar-refractivity contribution in [2.45, 2.75) is 106 Å². The number of hydrogen-bond donors (Lipinski definition) is 5. The van der Waals surface area contributed by atoms with Crippen molar-refractivity contribution in [3.63, 3.8) is 0 Å². The number of esters is 5. The van der Waals surface area contributed by atoms with Crippen LogP contribution in [0.15, 0.2) is 177 Å². The predicted octanol–water partition coefficient (Wildman–Crippen LogP) is 12.6. The molecule has 6 rings (SSSR count). The minimum absolute atomic E-state index is 0. The van der Waals surface area contributed by atoms with E-state index in [2.05, 4.69) is 66.9 Å².